The Morgan fingerprint density at radius 1 is 1.13 bits per heavy atom. The van der Waals surface area contributed by atoms with E-state index in [1.54, 1.807) is 31.5 Å². The van der Waals surface area contributed by atoms with Crippen molar-refractivity contribution in [3.05, 3.63) is 65.3 Å². The number of amides is 2. The Bertz CT molecular complexity index is 1100. The summed E-state index contributed by atoms with van der Waals surface area (Å²) < 4.78 is 5.22. The van der Waals surface area contributed by atoms with Gasteiger partial charge in [-0.1, -0.05) is 12.1 Å². The van der Waals surface area contributed by atoms with Crippen molar-refractivity contribution >= 4 is 11.8 Å². The number of hydrogen-bond acceptors (Lipinski definition) is 5. The molecule has 31 heavy (non-hydrogen) atoms. The number of hydrogen-bond donors (Lipinski definition) is 2. The van der Waals surface area contributed by atoms with Crippen molar-refractivity contribution in [2.75, 3.05) is 7.11 Å². The van der Waals surface area contributed by atoms with Crippen molar-refractivity contribution < 1.29 is 14.3 Å². The minimum absolute atomic E-state index is 0.129. The summed E-state index contributed by atoms with van der Waals surface area (Å²) >= 11 is 0. The van der Waals surface area contributed by atoms with Gasteiger partial charge in [0.15, 0.2) is 0 Å². The van der Waals surface area contributed by atoms with E-state index < -0.39 is 0 Å². The smallest absolute Gasteiger partial charge is 0.270 e. The highest BCUT2D eigenvalue weighted by Gasteiger charge is 2.63. The van der Waals surface area contributed by atoms with Gasteiger partial charge in [0.2, 0.25) is 0 Å². The molecule has 3 atom stereocenters. The molecule has 4 aliphatic rings. The van der Waals surface area contributed by atoms with E-state index in [4.69, 9.17) is 4.74 Å². The van der Waals surface area contributed by atoms with Crippen LogP contribution in [0.3, 0.4) is 0 Å². The van der Waals surface area contributed by atoms with Crippen LogP contribution in [0.15, 0.2) is 48.2 Å². The highest BCUT2D eigenvalue weighted by Crippen LogP contribution is 2.60. The SMILES string of the molecule is COc1ccnc(C(=O)NC23CC=C(CC2)C2(NC(=O)c4cccc(C)n4)CC2C3)c1. The van der Waals surface area contributed by atoms with Crippen LogP contribution in [0.5, 0.6) is 5.75 Å². The molecule has 7 nitrogen and oxygen atoms in total. The van der Waals surface area contributed by atoms with Gasteiger partial charge in [-0.05, 0) is 68.7 Å². The van der Waals surface area contributed by atoms with Crippen LogP contribution in [0, 0.1) is 12.8 Å². The van der Waals surface area contributed by atoms with Gasteiger partial charge in [-0.2, -0.15) is 0 Å². The molecule has 2 heterocycles. The maximum absolute atomic E-state index is 12.9. The molecule has 3 unspecified atom stereocenters. The Labute approximate surface area is 181 Å². The third-order valence-electron chi connectivity index (χ3n) is 6.96. The standard InChI is InChI=1S/C24H26N4O3/c1-15-4-3-5-19(26-15)21(29)28-24-14-17(24)13-23(9-6-16(24)7-10-23)27-22(30)20-12-18(31-2)8-11-25-20/h3-6,8,11-12,17H,7,9-10,13-14H2,1-2H3,(H,27,30)(H,28,29). The molecule has 0 spiro atoms. The minimum atomic E-state index is -0.305. The quantitative estimate of drug-likeness (QED) is 0.729. The number of aryl methyl sites for hydroxylation is 1. The van der Waals surface area contributed by atoms with E-state index in [0.29, 0.717) is 23.1 Å². The molecule has 2 fully saturated rings. The Kier molecular flexibility index (Phi) is 4.57. The van der Waals surface area contributed by atoms with E-state index in [1.807, 2.05) is 19.1 Å². The van der Waals surface area contributed by atoms with Gasteiger partial charge in [-0.15, -0.1) is 0 Å². The van der Waals surface area contributed by atoms with Crippen molar-refractivity contribution in [3.8, 4) is 5.75 Å². The van der Waals surface area contributed by atoms with Gasteiger partial charge in [-0.25, -0.2) is 4.98 Å². The van der Waals surface area contributed by atoms with Crippen molar-refractivity contribution in [1.29, 1.82) is 0 Å². The molecule has 7 heteroatoms. The molecule has 0 radical (unpaired) electrons. The normalized spacial score (nSPS) is 28.1. The molecule has 2 saturated carbocycles. The summed E-state index contributed by atoms with van der Waals surface area (Å²) in [7, 11) is 1.57. The fraction of sp³-hybridized carbons (Fsp3) is 0.417. The zero-order valence-electron chi connectivity index (χ0n) is 17.8. The molecule has 6 rings (SSSR count). The Morgan fingerprint density at radius 3 is 2.71 bits per heavy atom. The first-order valence-corrected chi connectivity index (χ1v) is 10.7. The second kappa shape index (κ2) is 7.18. The van der Waals surface area contributed by atoms with Gasteiger partial charge in [0, 0.05) is 23.5 Å². The first-order chi connectivity index (χ1) is 14.9. The van der Waals surface area contributed by atoms with E-state index >= 15 is 0 Å². The second-order valence-corrected chi connectivity index (χ2v) is 8.94. The highest BCUT2D eigenvalue weighted by atomic mass is 16.5. The van der Waals surface area contributed by atoms with Gasteiger partial charge >= 0.3 is 0 Å². The molecular weight excluding hydrogens is 392 g/mol. The van der Waals surface area contributed by atoms with E-state index in [1.165, 1.54) is 5.57 Å². The molecule has 2 aromatic rings. The van der Waals surface area contributed by atoms with Crippen LogP contribution in [-0.2, 0) is 0 Å². The largest absolute Gasteiger partial charge is 0.497 e. The fourth-order valence-corrected chi connectivity index (χ4v) is 5.23. The average molecular weight is 418 g/mol. The summed E-state index contributed by atoms with van der Waals surface area (Å²) in [6.45, 7) is 1.88. The van der Waals surface area contributed by atoms with Crippen molar-refractivity contribution in [3.63, 3.8) is 0 Å². The predicted octanol–water partition coefficient (Wildman–Crippen LogP) is 2.96. The number of nitrogens with one attached hydrogen (secondary N) is 2. The minimum Gasteiger partial charge on any atom is -0.497 e. The molecule has 160 valence electrons. The summed E-state index contributed by atoms with van der Waals surface area (Å²) in [6, 6.07) is 8.87. The Balaban J connectivity index is 1.33. The number of rotatable bonds is 5. The Hall–Kier alpha value is -3.22. The van der Waals surface area contributed by atoms with Crippen LogP contribution < -0.4 is 15.4 Å². The molecule has 0 saturated heterocycles. The number of pyridine rings is 2. The predicted molar refractivity (Wildman–Crippen MR) is 115 cm³/mol. The topological polar surface area (TPSA) is 93.2 Å². The number of nitrogens with zero attached hydrogens (tertiary/aromatic N) is 2. The van der Waals surface area contributed by atoms with Gasteiger partial charge in [-0.3, -0.25) is 14.6 Å². The van der Waals surface area contributed by atoms with E-state index in [9.17, 15) is 9.59 Å². The lowest BCUT2D eigenvalue weighted by Gasteiger charge is -2.36. The van der Waals surface area contributed by atoms with Crippen molar-refractivity contribution in [1.82, 2.24) is 20.6 Å². The van der Waals surface area contributed by atoms with Gasteiger partial charge < -0.3 is 15.4 Å². The van der Waals surface area contributed by atoms with Crippen LogP contribution in [0.1, 0.15) is 58.8 Å². The highest BCUT2D eigenvalue weighted by molar-refractivity contribution is 5.94. The third-order valence-corrected chi connectivity index (χ3v) is 6.96. The van der Waals surface area contributed by atoms with Gasteiger partial charge in [0.1, 0.15) is 17.1 Å². The molecular formula is C24H26N4O3. The van der Waals surface area contributed by atoms with Gasteiger partial charge in [0.25, 0.3) is 11.8 Å². The number of carbonyl (C=O) groups is 2. The van der Waals surface area contributed by atoms with Crippen molar-refractivity contribution in [2.45, 2.75) is 50.1 Å². The van der Waals surface area contributed by atoms with Crippen molar-refractivity contribution in [2.24, 2.45) is 5.92 Å². The summed E-state index contributed by atoms with van der Waals surface area (Å²) in [5.41, 5.74) is 2.33. The number of methoxy groups -OCH3 is 1. The molecule has 2 aromatic heterocycles. The maximum atomic E-state index is 12.9. The summed E-state index contributed by atoms with van der Waals surface area (Å²) in [4.78, 5) is 34.4. The number of fused-ring (bicyclic) bond motifs is 2. The lowest BCUT2D eigenvalue weighted by Crippen LogP contribution is -2.49. The van der Waals surface area contributed by atoms with E-state index in [2.05, 4.69) is 26.7 Å². The molecule has 2 amide bonds. The van der Waals surface area contributed by atoms with Crippen LogP contribution in [0.25, 0.3) is 0 Å². The lowest BCUT2D eigenvalue weighted by atomic mass is 9.80. The molecule has 4 aliphatic carbocycles. The summed E-state index contributed by atoms with van der Waals surface area (Å²) in [5, 5.41) is 6.55. The zero-order valence-corrected chi connectivity index (χ0v) is 17.8. The summed E-state index contributed by atoms with van der Waals surface area (Å²) in [6.07, 6.45) is 8.05. The van der Waals surface area contributed by atoms with Gasteiger partial charge in [0.05, 0.1) is 12.6 Å². The average Bonchev–Trinajstić information content (AvgIpc) is 3.48. The van der Waals surface area contributed by atoms with E-state index in [0.717, 1.165) is 37.8 Å². The zero-order chi connectivity index (χ0) is 21.6. The fourth-order valence-electron chi connectivity index (χ4n) is 5.23. The Morgan fingerprint density at radius 2 is 1.97 bits per heavy atom. The third kappa shape index (κ3) is 3.48. The number of ether oxygens (including phenoxy) is 1. The molecule has 0 aliphatic heterocycles. The van der Waals surface area contributed by atoms with E-state index in [-0.39, 0.29) is 22.9 Å². The molecule has 0 aromatic carbocycles. The van der Waals surface area contributed by atoms with Crippen LogP contribution in [0.2, 0.25) is 0 Å². The first-order valence-electron chi connectivity index (χ1n) is 10.7. The van der Waals surface area contributed by atoms with Crippen LogP contribution in [-0.4, -0.2) is 40.0 Å². The lowest BCUT2D eigenvalue weighted by molar-refractivity contribution is 0.0873. The van der Waals surface area contributed by atoms with Crippen LogP contribution in [0.4, 0.5) is 0 Å². The number of carbonyl (C=O) groups excluding carboxylic acids is 2. The molecule has 2 bridgehead atoms. The first kappa shape index (κ1) is 19.7. The summed E-state index contributed by atoms with van der Waals surface area (Å²) in [5.74, 6) is 0.613. The monoisotopic (exact) mass is 418 g/mol. The maximum Gasteiger partial charge on any atom is 0.270 e. The second-order valence-electron chi connectivity index (χ2n) is 8.94. The number of aromatic nitrogens is 2. The van der Waals surface area contributed by atoms with Crippen LogP contribution >= 0.6 is 0 Å². The molecule has 2 N–H and O–H groups in total.